The van der Waals surface area contributed by atoms with Gasteiger partial charge in [0.1, 0.15) is 0 Å². The van der Waals surface area contributed by atoms with E-state index < -0.39 is 0 Å². The summed E-state index contributed by atoms with van der Waals surface area (Å²) in [5, 5.41) is 16.7. The quantitative estimate of drug-likeness (QED) is 0.777. The Morgan fingerprint density at radius 1 is 1.18 bits per heavy atom. The molecule has 3 rings (SSSR count). The highest BCUT2D eigenvalue weighted by molar-refractivity contribution is 9.10. The Kier molecular flexibility index (Phi) is 4.24. The second-order valence-electron chi connectivity index (χ2n) is 5.27. The molecule has 0 atom stereocenters. The van der Waals surface area contributed by atoms with E-state index in [0.717, 1.165) is 28.6 Å². The molecule has 1 aromatic heterocycles. The topological polar surface area (TPSA) is 78.9 Å². The zero-order valence-electron chi connectivity index (χ0n) is 12.1. The van der Waals surface area contributed by atoms with Crippen LogP contribution in [0.1, 0.15) is 18.4 Å². The summed E-state index contributed by atoms with van der Waals surface area (Å²) in [6.45, 7) is 2.03. The summed E-state index contributed by atoms with van der Waals surface area (Å²) in [7, 11) is 0. The van der Waals surface area contributed by atoms with Crippen LogP contribution < -0.4 is 16.0 Å². The molecule has 1 saturated carbocycles. The van der Waals surface area contributed by atoms with Crippen molar-refractivity contribution in [1.29, 1.82) is 0 Å². The van der Waals surface area contributed by atoms with E-state index in [1.165, 1.54) is 0 Å². The number of carbonyl (C=O) groups excluding carboxylic acids is 1. The van der Waals surface area contributed by atoms with Crippen molar-refractivity contribution < 1.29 is 4.79 Å². The number of hydrogen-bond acceptors (Lipinski definition) is 4. The maximum absolute atomic E-state index is 11.6. The van der Waals surface area contributed by atoms with Gasteiger partial charge in [0.05, 0.1) is 0 Å². The van der Waals surface area contributed by atoms with E-state index >= 15 is 0 Å². The van der Waals surface area contributed by atoms with E-state index in [9.17, 15) is 4.79 Å². The number of amides is 2. The first-order valence-corrected chi connectivity index (χ1v) is 7.84. The van der Waals surface area contributed by atoms with Gasteiger partial charge in [-0.15, -0.1) is 10.2 Å². The Morgan fingerprint density at radius 2 is 1.91 bits per heavy atom. The average Bonchev–Trinajstić information content (AvgIpc) is 3.29. The van der Waals surface area contributed by atoms with Gasteiger partial charge in [-0.3, -0.25) is 5.32 Å². The maximum Gasteiger partial charge on any atom is 0.320 e. The van der Waals surface area contributed by atoms with Gasteiger partial charge in [0.25, 0.3) is 0 Å². The molecule has 1 aromatic carbocycles. The number of halogens is 1. The van der Waals surface area contributed by atoms with Gasteiger partial charge in [0, 0.05) is 16.2 Å². The largest absolute Gasteiger partial charge is 0.339 e. The number of nitrogens with one attached hydrogen (secondary N) is 3. The maximum atomic E-state index is 11.6. The minimum Gasteiger partial charge on any atom is -0.339 e. The molecule has 6 nitrogen and oxygen atoms in total. The Bertz CT molecular complexity index is 685. The van der Waals surface area contributed by atoms with Crippen LogP contribution >= 0.6 is 15.9 Å². The molecular weight excluding hydrogens is 346 g/mol. The molecule has 0 saturated heterocycles. The third kappa shape index (κ3) is 3.94. The predicted octanol–water partition coefficient (Wildman–Crippen LogP) is 3.58. The van der Waals surface area contributed by atoms with Crippen molar-refractivity contribution in [2.24, 2.45) is 0 Å². The van der Waals surface area contributed by atoms with Crippen LogP contribution in [0.3, 0.4) is 0 Å². The Labute approximate surface area is 136 Å². The first kappa shape index (κ1) is 14.8. The molecule has 1 aliphatic carbocycles. The fraction of sp³-hybridized carbons (Fsp3) is 0.267. The lowest BCUT2D eigenvalue weighted by Gasteiger charge is -2.08. The lowest BCUT2D eigenvalue weighted by atomic mass is 10.2. The van der Waals surface area contributed by atoms with E-state index in [0.29, 0.717) is 17.7 Å². The van der Waals surface area contributed by atoms with Crippen LogP contribution in [0.5, 0.6) is 0 Å². The summed E-state index contributed by atoms with van der Waals surface area (Å²) >= 11 is 3.49. The molecule has 0 unspecified atom stereocenters. The molecule has 0 radical (unpaired) electrons. The number of urea groups is 1. The first-order chi connectivity index (χ1) is 10.6. The van der Waals surface area contributed by atoms with Gasteiger partial charge in [0.2, 0.25) is 0 Å². The third-order valence-electron chi connectivity index (χ3n) is 3.26. The van der Waals surface area contributed by atoms with Crippen LogP contribution in [0, 0.1) is 6.92 Å². The summed E-state index contributed by atoms with van der Waals surface area (Å²) in [4.78, 5) is 11.6. The number of carbonyl (C=O) groups is 1. The first-order valence-electron chi connectivity index (χ1n) is 7.04. The Hall–Kier alpha value is -2.15. The summed E-state index contributed by atoms with van der Waals surface area (Å²) in [5.74, 6) is 1.04. The van der Waals surface area contributed by atoms with Crippen LogP contribution in [0.15, 0.2) is 34.8 Å². The van der Waals surface area contributed by atoms with Gasteiger partial charge in [-0.25, -0.2) is 4.79 Å². The monoisotopic (exact) mass is 361 g/mol. The zero-order chi connectivity index (χ0) is 15.5. The van der Waals surface area contributed by atoms with Crippen molar-refractivity contribution in [1.82, 2.24) is 15.5 Å². The van der Waals surface area contributed by atoms with Gasteiger partial charge in [0.15, 0.2) is 11.6 Å². The third-order valence-corrected chi connectivity index (χ3v) is 4.12. The van der Waals surface area contributed by atoms with E-state index in [-0.39, 0.29) is 6.03 Å². The second kappa shape index (κ2) is 6.31. The SMILES string of the molecule is Cc1ccc(Nc2ccc(NC(=O)NC3CC3)nn2)cc1Br. The van der Waals surface area contributed by atoms with E-state index in [1.54, 1.807) is 12.1 Å². The molecule has 7 heteroatoms. The van der Waals surface area contributed by atoms with Crippen LogP contribution in [0.4, 0.5) is 22.1 Å². The fourth-order valence-electron chi connectivity index (χ4n) is 1.85. The Balaban J connectivity index is 1.60. The van der Waals surface area contributed by atoms with Crippen LogP contribution in [-0.2, 0) is 0 Å². The molecule has 1 fully saturated rings. The van der Waals surface area contributed by atoms with E-state index in [1.807, 2.05) is 25.1 Å². The molecule has 114 valence electrons. The normalized spacial score (nSPS) is 13.5. The number of aromatic nitrogens is 2. The van der Waals surface area contributed by atoms with Gasteiger partial charge >= 0.3 is 6.03 Å². The van der Waals surface area contributed by atoms with Crippen LogP contribution in [0.2, 0.25) is 0 Å². The molecule has 0 bridgehead atoms. The van der Waals surface area contributed by atoms with Crippen molar-refractivity contribution in [3.63, 3.8) is 0 Å². The molecule has 2 amide bonds. The molecule has 1 heterocycles. The standard InChI is InChI=1S/C15H16BrN5O/c1-9-2-3-11(8-12(9)16)17-13-6-7-14(21-20-13)19-15(22)18-10-4-5-10/h2-3,6-8,10H,4-5H2,1H3,(H,17,20)(H2,18,19,21,22). The highest BCUT2D eigenvalue weighted by atomic mass is 79.9. The van der Waals surface area contributed by atoms with Gasteiger partial charge in [-0.05, 0) is 49.6 Å². The number of aryl methyl sites for hydroxylation is 1. The highest BCUT2D eigenvalue weighted by Gasteiger charge is 2.23. The Morgan fingerprint density at radius 3 is 2.55 bits per heavy atom. The molecule has 3 N–H and O–H groups in total. The minimum absolute atomic E-state index is 0.236. The smallest absolute Gasteiger partial charge is 0.320 e. The fourth-order valence-corrected chi connectivity index (χ4v) is 2.23. The lowest BCUT2D eigenvalue weighted by Crippen LogP contribution is -2.30. The van der Waals surface area contributed by atoms with Crippen molar-refractivity contribution in [3.8, 4) is 0 Å². The lowest BCUT2D eigenvalue weighted by molar-refractivity contribution is 0.251. The number of benzene rings is 1. The summed E-state index contributed by atoms with van der Waals surface area (Å²) in [6, 6.07) is 9.52. The predicted molar refractivity (Wildman–Crippen MR) is 89.4 cm³/mol. The molecule has 22 heavy (non-hydrogen) atoms. The summed E-state index contributed by atoms with van der Waals surface area (Å²) < 4.78 is 1.03. The average molecular weight is 362 g/mol. The molecule has 2 aromatic rings. The van der Waals surface area contributed by atoms with Crippen molar-refractivity contribution in [2.75, 3.05) is 10.6 Å². The van der Waals surface area contributed by atoms with Crippen molar-refractivity contribution >= 4 is 39.3 Å². The minimum atomic E-state index is -0.236. The molecule has 0 aliphatic heterocycles. The van der Waals surface area contributed by atoms with E-state index in [4.69, 9.17) is 0 Å². The van der Waals surface area contributed by atoms with Gasteiger partial charge < -0.3 is 10.6 Å². The van der Waals surface area contributed by atoms with Gasteiger partial charge in [-0.2, -0.15) is 0 Å². The van der Waals surface area contributed by atoms with Crippen molar-refractivity contribution in [3.05, 3.63) is 40.4 Å². The molecule has 1 aliphatic rings. The number of anilines is 3. The van der Waals surface area contributed by atoms with Crippen LogP contribution in [-0.4, -0.2) is 22.3 Å². The van der Waals surface area contributed by atoms with Crippen LogP contribution in [0.25, 0.3) is 0 Å². The zero-order valence-corrected chi connectivity index (χ0v) is 13.6. The van der Waals surface area contributed by atoms with E-state index in [2.05, 4.69) is 42.1 Å². The number of rotatable bonds is 4. The number of hydrogen-bond donors (Lipinski definition) is 3. The second-order valence-corrected chi connectivity index (χ2v) is 6.12. The van der Waals surface area contributed by atoms with Crippen molar-refractivity contribution in [2.45, 2.75) is 25.8 Å². The highest BCUT2D eigenvalue weighted by Crippen LogP contribution is 2.23. The molecule has 0 spiro atoms. The molecular formula is C15H16BrN5O. The number of nitrogens with zero attached hydrogens (tertiary/aromatic N) is 2. The summed E-state index contributed by atoms with van der Waals surface area (Å²) in [5.41, 5.74) is 2.08. The summed E-state index contributed by atoms with van der Waals surface area (Å²) in [6.07, 6.45) is 2.10. The van der Waals surface area contributed by atoms with Gasteiger partial charge in [-0.1, -0.05) is 22.0 Å².